The molecule has 0 aliphatic carbocycles. The van der Waals surface area contributed by atoms with Gasteiger partial charge in [-0.15, -0.1) is 5.10 Å². The number of anilines is 1. The van der Waals surface area contributed by atoms with Gasteiger partial charge < -0.3 is 4.90 Å². The summed E-state index contributed by atoms with van der Waals surface area (Å²) in [5.41, 5.74) is 1.26. The SMILES string of the molecule is CCCc1ccc(S(=O)(=O)N2CCN(c3ccc(=O)n(-c4ccc(F)cc4)n3)CC2)cc1. The summed E-state index contributed by atoms with van der Waals surface area (Å²) in [4.78, 5) is 14.5. The van der Waals surface area contributed by atoms with Crippen LogP contribution in [0, 0.1) is 5.82 Å². The van der Waals surface area contributed by atoms with Gasteiger partial charge in [0.25, 0.3) is 5.56 Å². The Morgan fingerprint density at radius 1 is 0.906 bits per heavy atom. The van der Waals surface area contributed by atoms with Gasteiger partial charge in [0.15, 0.2) is 0 Å². The van der Waals surface area contributed by atoms with E-state index in [4.69, 9.17) is 0 Å². The minimum atomic E-state index is -3.57. The molecule has 0 unspecified atom stereocenters. The van der Waals surface area contributed by atoms with Crippen molar-refractivity contribution in [3.63, 3.8) is 0 Å². The van der Waals surface area contributed by atoms with E-state index in [1.807, 2.05) is 17.0 Å². The van der Waals surface area contributed by atoms with Crippen LogP contribution in [-0.2, 0) is 16.4 Å². The van der Waals surface area contributed by atoms with Crippen molar-refractivity contribution in [3.8, 4) is 5.69 Å². The topological polar surface area (TPSA) is 75.5 Å². The second kappa shape index (κ2) is 9.22. The molecule has 1 aromatic heterocycles. The summed E-state index contributed by atoms with van der Waals surface area (Å²) in [6, 6.07) is 15.6. The molecule has 0 radical (unpaired) electrons. The zero-order chi connectivity index (χ0) is 22.7. The second-order valence-electron chi connectivity index (χ2n) is 7.70. The van der Waals surface area contributed by atoms with Crippen LogP contribution < -0.4 is 10.5 Å². The van der Waals surface area contributed by atoms with E-state index in [1.54, 1.807) is 18.2 Å². The number of aryl methyl sites for hydroxylation is 1. The molecule has 2 heterocycles. The Balaban J connectivity index is 1.48. The average molecular weight is 457 g/mol. The molecular weight excluding hydrogens is 431 g/mol. The lowest BCUT2D eigenvalue weighted by Gasteiger charge is -2.34. The molecule has 3 aromatic rings. The number of piperazine rings is 1. The number of benzene rings is 2. The lowest BCUT2D eigenvalue weighted by atomic mass is 10.1. The van der Waals surface area contributed by atoms with E-state index in [1.165, 1.54) is 39.3 Å². The van der Waals surface area contributed by atoms with Crippen LogP contribution in [0.3, 0.4) is 0 Å². The molecule has 32 heavy (non-hydrogen) atoms. The Hall–Kier alpha value is -3.04. The third-order valence-electron chi connectivity index (χ3n) is 5.52. The maximum Gasteiger partial charge on any atom is 0.271 e. The van der Waals surface area contributed by atoms with Crippen LogP contribution in [0.4, 0.5) is 10.2 Å². The Labute approximate surface area is 186 Å². The highest BCUT2D eigenvalue weighted by molar-refractivity contribution is 7.89. The maximum absolute atomic E-state index is 13.2. The van der Waals surface area contributed by atoms with Gasteiger partial charge in [-0.25, -0.2) is 12.8 Å². The highest BCUT2D eigenvalue weighted by Crippen LogP contribution is 2.21. The molecule has 168 valence electrons. The lowest BCUT2D eigenvalue weighted by Crippen LogP contribution is -2.49. The number of aromatic nitrogens is 2. The van der Waals surface area contributed by atoms with Crippen molar-refractivity contribution in [1.29, 1.82) is 0 Å². The third kappa shape index (κ3) is 4.58. The summed E-state index contributed by atoms with van der Waals surface area (Å²) < 4.78 is 42.0. The van der Waals surface area contributed by atoms with Crippen molar-refractivity contribution in [2.24, 2.45) is 0 Å². The number of hydrogen-bond acceptors (Lipinski definition) is 5. The molecular formula is C23H25FN4O3S. The van der Waals surface area contributed by atoms with Gasteiger partial charge in [-0.2, -0.15) is 8.99 Å². The normalized spacial score (nSPS) is 15.1. The summed E-state index contributed by atoms with van der Waals surface area (Å²) in [5, 5.41) is 4.41. The number of sulfonamides is 1. The van der Waals surface area contributed by atoms with Crippen LogP contribution in [0.5, 0.6) is 0 Å². The van der Waals surface area contributed by atoms with Crippen molar-refractivity contribution in [2.75, 3.05) is 31.1 Å². The second-order valence-corrected chi connectivity index (χ2v) is 9.64. The van der Waals surface area contributed by atoms with Crippen LogP contribution >= 0.6 is 0 Å². The molecule has 0 spiro atoms. The van der Waals surface area contributed by atoms with Gasteiger partial charge in [-0.1, -0.05) is 25.5 Å². The van der Waals surface area contributed by atoms with Crippen LogP contribution in [0.1, 0.15) is 18.9 Å². The van der Waals surface area contributed by atoms with Gasteiger partial charge in [-0.3, -0.25) is 4.79 Å². The van der Waals surface area contributed by atoms with Crippen LogP contribution in [0.2, 0.25) is 0 Å². The van der Waals surface area contributed by atoms with E-state index < -0.39 is 15.8 Å². The van der Waals surface area contributed by atoms with Gasteiger partial charge in [0.05, 0.1) is 10.6 Å². The van der Waals surface area contributed by atoms with Gasteiger partial charge >= 0.3 is 0 Å². The summed E-state index contributed by atoms with van der Waals surface area (Å²) >= 11 is 0. The third-order valence-corrected chi connectivity index (χ3v) is 7.43. The Bertz CT molecular complexity index is 1230. The summed E-state index contributed by atoms with van der Waals surface area (Å²) in [6.07, 6.45) is 1.93. The zero-order valence-electron chi connectivity index (χ0n) is 17.8. The number of rotatable bonds is 6. The van der Waals surface area contributed by atoms with E-state index >= 15 is 0 Å². The highest BCUT2D eigenvalue weighted by atomic mass is 32.2. The predicted octanol–water partition coefficient (Wildman–Crippen LogP) is 2.84. The lowest BCUT2D eigenvalue weighted by molar-refractivity contribution is 0.383. The molecule has 4 rings (SSSR count). The zero-order valence-corrected chi connectivity index (χ0v) is 18.6. The summed E-state index contributed by atoms with van der Waals surface area (Å²) in [7, 11) is -3.57. The Morgan fingerprint density at radius 2 is 1.56 bits per heavy atom. The van der Waals surface area contributed by atoms with Crippen LogP contribution in [-0.4, -0.2) is 48.7 Å². The monoisotopic (exact) mass is 456 g/mol. The van der Waals surface area contributed by atoms with E-state index in [0.717, 1.165) is 18.4 Å². The van der Waals surface area contributed by atoms with Crippen molar-refractivity contribution in [2.45, 2.75) is 24.7 Å². The van der Waals surface area contributed by atoms with E-state index in [0.29, 0.717) is 42.6 Å². The highest BCUT2D eigenvalue weighted by Gasteiger charge is 2.29. The van der Waals surface area contributed by atoms with Crippen molar-refractivity contribution >= 4 is 15.8 Å². The summed E-state index contributed by atoms with van der Waals surface area (Å²) in [5.74, 6) is 0.171. The van der Waals surface area contributed by atoms with E-state index in [2.05, 4.69) is 12.0 Å². The van der Waals surface area contributed by atoms with Crippen molar-refractivity contribution in [1.82, 2.24) is 14.1 Å². The van der Waals surface area contributed by atoms with Crippen LogP contribution in [0.25, 0.3) is 5.69 Å². The fourth-order valence-corrected chi connectivity index (χ4v) is 5.18. The predicted molar refractivity (Wildman–Crippen MR) is 121 cm³/mol. The van der Waals surface area contributed by atoms with E-state index in [-0.39, 0.29) is 5.56 Å². The first-order valence-electron chi connectivity index (χ1n) is 10.6. The molecule has 1 aliphatic rings. The molecule has 9 heteroatoms. The quantitative estimate of drug-likeness (QED) is 0.570. The molecule has 1 aliphatic heterocycles. The fourth-order valence-electron chi connectivity index (χ4n) is 3.76. The Morgan fingerprint density at radius 3 is 2.19 bits per heavy atom. The largest absolute Gasteiger partial charge is 0.353 e. The van der Waals surface area contributed by atoms with Crippen molar-refractivity contribution in [3.05, 3.63) is 82.4 Å². The molecule has 7 nitrogen and oxygen atoms in total. The van der Waals surface area contributed by atoms with E-state index in [9.17, 15) is 17.6 Å². The minimum absolute atomic E-state index is 0.300. The standard InChI is InChI=1S/C23H25FN4O3S/c1-2-3-18-4-10-21(11-5-18)32(30,31)27-16-14-26(15-17-27)22-12-13-23(29)28(25-22)20-8-6-19(24)7-9-20/h4-13H,2-3,14-17H2,1H3. The number of nitrogens with zero attached hydrogens (tertiary/aromatic N) is 4. The smallest absolute Gasteiger partial charge is 0.271 e. The molecule has 0 saturated carbocycles. The fraction of sp³-hybridized carbons (Fsp3) is 0.304. The Kier molecular flexibility index (Phi) is 6.38. The van der Waals surface area contributed by atoms with Crippen molar-refractivity contribution < 1.29 is 12.8 Å². The first-order chi connectivity index (χ1) is 15.4. The molecule has 0 amide bonds. The minimum Gasteiger partial charge on any atom is -0.353 e. The van der Waals surface area contributed by atoms with Gasteiger partial charge in [0.1, 0.15) is 11.6 Å². The number of halogens is 1. The van der Waals surface area contributed by atoms with Crippen LogP contribution in [0.15, 0.2) is 70.4 Å². The molecule has 0 N–H and O–H groups in total. The van der Waals surface area contributed by atoms with Gasteiger partial charge in [0.2, 0.25) is 10.0 Å². The maximum atomic E-state index is 13.2. The van der Waals surface area contributed by atoms with Gasteiger partial charge in [-0.05, 0) is 54.4 Å². The molecule has 1 fully saturated rings. The molecule has 2 aromatic carbocycles. The molecule has 1 saturated heterocycles. The molecule has 0 atom stereocenters. The average Bonchev–Trinajstić information content (AvgIpc) is 2.81. The summed E-state index contributed by atoms with van der Waals surface area (Å²) in [6.45, 7) is 3.61. The molecule has 0 bridgehead atoms. The first-order valence-corrected chi connectivity index (χ1v) is 12.0. The first kappa shape index (κ1) is 22.2. The number of hydrogen-bond donors (Lipinski definition) is 0. The van der Waals surface area contributed by atoms with Gasteiger partial charge in [0, 0.05) is 32.2 Å².